The van der Waals surface area contributed by atoms with Crippen molar-refractivity contribution in [3.63, 3.8) is 0 Å². The molecule has 0 N–H and O–H groups in total. The highest BCUT2D eigenvalue weighted by Crippen LogP contribution is 2.43. The fourth-order valence-corrected chi connectivity index (χ4v) is 5.92. The molecule has 0 unspecified atom stereocenters. The maximum absolute atomic E-state index is 9.42. The summed E-state index contributed by atoms with van der Waals surface area (Å²) in [6.07, 6.45) is 0. The van der Waals surface area contributed by atoms with Gasteiger partial charge in [0.15, 0.2) is 0 Å². The predicted molar refractivity (Wildman–Crippen MR) is 162 cm³/mol. The number of benzene rings is 6. The van der Waals surface area contributed by atoms with Crippen LogP contribution in [0.25, 0.3) is 77.3 Å². The molecule has 0 aliphatic rings. The molecular formula is C37H21NO2. The van der Waals surface area contributed by atoms with Crippen LogP contribution in [0.15, 0.2) is 136 Å². The number of furan rings is 2. The Kier molecular flexibility index (Phi) is 4.89. The smallest absolute Gasteiger partial charge is 0.136 e. The lowest BCUT2D eigenvalue weighted by atomic mass is 9.88. The topological polar surface area (TPSA) is 50.1 Å². The van der Waals surface area contributed by atoms with E-state index in [1.807, 2.05) is 66.7 Å². The van der Waals surface area contributed by atoms with Crippen LogP contribution in [-0.4, -0.2) is 0 Å². The summed E-state index contributed by atoms with van der Waals surface area (Å²) in [4.78, 5) is 0. The van der Waals surface area contributed by atoms with E-state index in [2.05, 4.69) is 66.7 Å². The van der Waals surface area contributed by atoms with Gasteiger partial charge in [-0.1, -0.05) is 84.9 Å². The Balaban J connectivity index is 1.42. The standard InChI is InChI=1S/C37H21NO2/c38-22-23-15-17-24(18-16-23)31-21-25(26-9-5-13-34-36(26)29-7-1-3-11-32(29)39-34)19-20-27(31)28-10-6-14-35-37(28)30-8-2-4-12-33(30)40-35/h1-21H. The maximum Gasteiger partial charge on any atom is 0.136 e. The molecule has 0 saturated carbocycles. The van der Waals surface area contributed by atoms with Crippen molar-refractivity contribution in [1.82, 2.24) is 0 Å². The molecular weight excluding hydrogens is 490 g/mol. The lowest BCUT2D eigenvalue weighted by Crippen LogP contribution is -1.89. The van der Waals surface area contributed by atoms with E-state index in [0.29, 0.717) is 5.56 Å². The fourth-order valence-electron chi connectivity index (χ4n) is 5.92. The molecule has 8 rings (SSSR count). The van der Waals surface area contributed by atoms with Crippen LogP contribution in [0, 0.1) is 11.3 Å². The second-order valence-electron chi connectivity index (χ2n) is 10.0. The molecule has 2 heterocycles. The molecule has 2 aromatic heterocycles. The quantitative estimate of drug-likeness (QED) is 0.237. The normalized spacial score (nSPS) is 11.5. The Morgan fingerprint density at radius 3 is 1.62 bits per heavy atom. The largest absolute Gasteiger partial charge is 0.456 e. The van der Waals surface area contributed by atoms with Crippen molar-refractivity contribution in [3.8, 4) is 39.4 Å². The molecule has 0 aliphatic heterocycles. The van der Waals surface area contributed by atoms with Crippen molar-refractivity contribution in [1.29, 1.82) is 5.26 Å². The van der Waals surface area contributed by atoms with Gasteiger partial charge in [0, 0.05) is 21.5 Å². The molecule has 0 atom stereocenters. The minimum atomic E-state index is 0.638. The van der Waals surface area contributed by atoms with Crippen LogP contribution in [0.1, 0.15) is 5.56 Å². The van der Waals surface area contributed by atoms with E-state index in [4.69, 9.17) is 8.83 Å². The highest BCUT2D eigenvalue weighted by atomic mass is 16.3. The minimum Gasteiger partial charge on any atom is -0.456 e. The SMILES string of the molecule is N#Cc1ccc(-c2cc(-c3cccc4oc5ccccc5c34)ccc2-c2cccc3oc4ccccc4c23)cc1. The zero-order chi connectivity index (χ0) is 26.6. The molecule has 0 saturated heterocycles. The molecule has 3 heteroatoms. The average Bonchev–Trinajstić information content (AvgIpc) is 3.59. The van der Waals surface area contributed by atoms with Gasteiger partial charge in [-0.25, -0.2) is 0 Å². The highest BCUT2D eigenvalue weighted by Gasteiger charge is 2.18. The third-order valence-electron chi connectivity index (χ3n) is 7.75. The Bertz CT molecular complexity index is 2280. The van der Waals surface area contributed by atoms with Crippen molar-refractivity contribution in [2.75, 3.05) is 0 Å². The molecule has 8 aromatic rings. The molecule has 6 aromatic carbocycles. The molecule has 0 amide bonds. The first-order valence-corrected chi connectivity index (χ1v) is 13.2. The van der Waals surface area contributed by atoms with Gasteiger partial charge in [-0.3, -0.25) is 0 Å². The van der Waals surface area contributed by atoms with Gasteiger partial charge in [-0.05, 0) is 75.8 Å². The van der Waals surface area contributed by atoms with Gasteiger partial charge >= 0.3 is 0 Å². The average molecular weight is 512 g/mol. The van der Waals surface area contributed by atoms with Crippen LogP contribution in [0.4, 0.5) is 0 Å². The number of hydrogen-bond donors (Lipinski definition) is 0. The summed E-state index contributed by atoms with van der Waals surface area (Å²) in [5, 5.41) is 13.8. The summed E-state index contributed by atoms with van der Waals surface area (Å²) >= 11 is 0. The summed E-state index contributed by atoms with van der Waals surface area (Å²) in [7, 11) is 0. The van der Waals surface area contributed by atoms with Gasteiger partial charge in [-0.15, -0.1) is 0 Å². The summed E-state index contributed by atoms with van der Waals surface area (Å²) < 4.78 is 12.4. The number of nitriles is 1. The maximum atomic E-state index is 9.42. The van der Waals surface area contributed by atoms with Crippen molar-refractivity contribution < 1.29 is 8.83 Å². The molecule has 0 spiro atoms. The van der Waals surface area contributed by atoms with Crippen LogP contribution in [0.5, 0.6) is 0 Å². The molecule has 40 heavy (non-hydrogen) atoms. The molecule has 0 aliphatic carbocycles. The highest BCUT2D eigenvalue weighted by molar-refractivity contribution is 6.15. The van der Waals surface area contributed by atoms with E-state index in [1.165, 1.54) is 0 Å². The lowest BCUT2D eigenvalue weighted by Gasteiger charge is -2.15. The van der Waals surface area contributed by atoms with E-state index in [1.54, 1.807) is 0 Å². The number of rotatable bonds is 3. The summed E-state index contributed by atoms with van der Waals surface area (Å²) in [6, 6.07) is 45.6. The van der Waals surface area contributed by atoms with Crippen molar-refractivity contribution >= 4 is 43.9 Å². The zero-order valence-electron chi connectivity index (χ0n) is 21.4. The van der Waals surface area contributed by atoms with E-state index < -0.39 is 0 Å². The predicted octanol–water partition coefficient (Wildman–Crippen LogP) is 10.4. The first-order valence-electron chi connectivity index (χ1n) is 13.2. The van der Waals surface area contributed by atoms with Gasteiger partial charge in [0.2, 0.25) is 0 Å². The third-order valence-corrected chi connectivity index (χ3v) is 7.75. The Hall–Kier alpha value is -5.59. The number of fused-ring (bicyclic) bond motifs is 6. The monoisotopic (exact) mass is 511 g/mol. The van der Waals surface area contributed by atoms with Gasteiger partial charge < -0.3 is 8.83 Å². The Morgan fingerprint density at radius 2 is 0.975 bits per heavy atom. The Labute approximate surface area is 230 Å². The Morgan fingerprint density at radius 1 is 0.425 bits per heavy atom. The number of hydrogen-bond acceptors (Lipinski definition) is 3. The minimum absolute atomic E-state index is 0.638. The van der Waals surface area contributed by atoms with Crippen LogP contribution >= 0.6 is 0 Å². The number of para-hydroxylation sites is 2. The van der Waals surface area contributed by atoms with E-state index in [0.717, 1.165) is 77.3 Å². The van der Waals surface area contributed by atoms with Crippen molar-refractivity contribution in [2.24, 2.45) is 0 Å². The first-order chi connectivity index (χ1) is 19.8. The summed E-state index contributed by atoms with van der Waals surface area (Å²) in [6.45, 7) is 0. The van der Waals surface area contributed by atoms with E-state index in [9.17, 15) is 5.26 Å². The number of nitrogens with zero attached hydrogens (tertiary/aromatic N) is 1. The third kappa shape index (κ3) is 3.37. The van der Waals surface area contributed by atoms with Crippen molar-refractivity contribution in [2.45, 2.75) is 0 Å². The zero-order valence-corrected chi connectivity index (χ0v) is 21.4. The summed E-state index contributed by atoms with van der Waals surface area (Å²) in [5.74, 6) is 0. The lowest BCUT2D eigenvalue weighted by molar-refractivity contribution is 0.668. The van der Waals surface area contributed by atoms with E-state index in [-0.39, 0.29) is 0 Å². The van der Waals surface area contributed by atoms with Gasteiger partial charge in [-0.2, -0.15) is 5.26 Å². The van der Waals surface area contributed by atoms with Crippen LogP contribution in [0.3, 0.4) is 0 Å². The second kappa shape index (κ2) is 8.73. The van der Waals surface area contributed by atoms with E-state index >= 15 is 0 Å². The fraction of sp³-hybridized carbons (Fsp3) is 0. The van der Waals surface area contributed by atoms with Crippen LogP contribution < -0.4 is 0 Å². The molecule has 3 nitrogen and oxygen atoms in total. The van der Waals surface area contributed by atoms with Gasteiger partial charge in [0.1, 0.15) is 22.3 Å². The second-order valence-corrected chi connectivity index (χ2v) is 10.0. The molecule has 186 valence electrons. The molecule has 0 fully saturated rings. The molecule has 0 bridgehead atoms. The van der Waals surface area contributed by atoms with Crippen LogP contribution in [0.2, 0.25) is 0 Å². The van der Waals surface area contributed by atoms with Gasteiger partial charge in [0.05, 0.1) is 11.6 Å². The van der Waals surface area contributed by atoms with Crippen molar-refractivity contribution in [3.05, 3.63) is 133 Å². The van der Waals surface area contributed by atoms with Crippen LogP contribution in [-0.2, 0) is 0 Å². The van der Waals surface area contributed by atoms with Gasteiger partial charge in [0.25, 0.3) is 0 Å². The molecule has 0 radical (unpaired) electrons. The summed E-state index contributed by atoms with van der Waals surface area (Å²) in [5.41, 5.74) is 10.7. The first kappa shape index (κ1) is 22.4.